The number of piperidine rings is 2. The number of nitrogens with zero attached hydrogens (tertiary/aromatic N) is 5. The number of sulfonamides is 2. The normalized spacial score (nSPS) is 24.6. The third kappa shape index (κ3) is 8.62. The molecule has 4 atom stereocenters. The second kappa shape index (κ2) is 15.1. The maximum atomic E-state index is 12.6. The van der Waals surface area contributed by atoms with Gasteiger partial charge < -0.3 is 15.2 Å². The summed E-state index contributed by atoms with van der Waals surface area (Å²) in [5, 5.41) is 4.17. The molecule has 4 unspecified atom stereocenters. The van der Waals surface area contributed by atoms with Gasteiger partial charge in [0, 0.05) is 51.5 Å². The summed E-state index contributed by atoms with van der Waals surface area (Å²) in [5.41, 5.74) is 0.799. The van der Waals surface area contributed by atoms with Gasteiger partial charge in [-0.1, -0.05) is 40.5 Å². The van der Waals surface area contributed by atoms with E-state index in [4.69, 9.17) is 0 Å². The van der Waals surface area contributed by atoms with E-state index < -0.39 is 20.0 Å². The maximum Gasteiger partial charge on any atom is 0.214 e. The lowest BCUT2D eigenvalue weighted by Crippen LogP contribution is -2.53. The Hall–Kier alpha value is -1.80. The molecule has 0 aliphatic carbocycles. The molecule has 0 radical (unpaired) electrons. The number of nitrogens with one attached hydrogen (secondary N) is 2. The van der Waals surface area contributed by atoms with Gasteiger partial charge in [0.1, 0.15) is 17.8 Å². The fourth-order valence-corrected chi connectivity index (χ4v) is 9.01. The van der Waals surface area contributed by atoms with Crippen molar-refractivity contribution < 1.29 is 16.8 Å². The van der Waals surface area contributed by atoms with Gasteiger partial charge in [-0.3, -0.25) is 0 Å². The SMILES string of the molecule is CCCCS(=O)(=O)N1CCC(C)C(N(C)c2ncnc3[nH]ccc23)C1.CCCCS(=O)(=O)N1CCC(C)C(NC)C1. The molecular formula is C28H51N7O4S2. The fraction of sp³-hybridized carbons (Fsp3) is 0.786. The van der Waals surface area contributed by atoms with E-state index in [1.165, 1.54) is 0 Å². The summed E-state index contributed by atoms with van der Waals surface area (Å²) in [4.78, 5) is 13.9. The highest BCUT2D eigenvalue weighted by atomic mass is 32.2. The van der Waals surface area contributed by atoms with Crippen LogP contribution in [-0.4, -0.2) is 104 Å². The van der Waals surface area contributed by atoms with Crippen LogP contribution in [0, 0.1) is 11.8 Å². The molecule has 2 aromatic rings. The smallest absolute Gasteiger partial charge is 0.214 e. The number of rotatable bonds is 11. The minimum Gasteiger partial charge on any atom is -0.354 e. The van der Waals surface area contributed by atoms with Crippen LogP contribution in [0.4, 0.5) is 5.82 Å². The second-order valence-electron chi connectivity index (χ2n) is 11.6. The molecule has 2 aliphatic rings. The lowest BCUT2D eigenvalue weighted by atomic mass is 9.93. The zero-order chi connectivity index (χ0) is 30.2. The molecule has 234 valence electrons. The molecule has 2 aliphatic heterocycles. The highest BCUT2D eigenvalue weighted by Gasteiger charge is 2.35. The van der Waals surface area contributed by atoms with E-state index in [0.717, 1.165) is 49.0 Å². The van der Waals surface area contributed by atoms with Crippen LogP contribution in [0.5, 0.6) is 0 Å². The van der Waals surface area contributed by atoms with Crippen molar-refractivity contribution in [3.8, 4) is 0 Å². The Morgan fingerprint density at radius 2 is 1.54 bits per heavy atom. The van der Waals surface area contributed by atoms with Crippen LogP contribution in [0.2, 0.25) is 0 Å². The Morgan fingerprint density at radius 1 is 0.951 bits per heavy atom. The lowest BCUT2D eigenvalue weighted by molar-refractivity contribution is 0.229. The van der Waals surface area contributed by atoms with Gasteiger partial charge in [-0.2, -0.15) is 4.31 Å². The van der Waals surface area contributed by atoms with Crippen LogP contribution < -0.4 is 10.2 Å². The molecule has 41 heavy (non-hydrogen) atoms. The average Bonchev–Trinajstić information content (AvgIpc) is 3.44. The number of H-pyrrole nitrogens is 1. The van der Waals surface area contributed by atoms with Gasteiger partial charge in [-0.25, -0.2) is 31.1 Å². The van der Waals surface area contributed by atoms with Gasteiger partial charge >= 0.3 is 0 Å². The molecule has 0 spiro atoms. The molecule has 2 N–H and O–H groups in total. The Morgan fingerprint density at radius 3 is 2.12 bits per heavy atom. The van der Waals surface area contributed by atoms with Crippen molar-refractivity contribution in [3.63, 3.8) is 0 Å². The van der Waals surface area contributed by atoms with Crippen LogP contribution in [0.25, 0.3) is 11.0 Å². The van der Waals surface area contributed by atoms with Gasteiger partial charge in [0.2, 0.25) is 20.0 Å². The third-order valence-corrected chi connectivity index (χ3v) is 12.5. The van der Waals surface area contributed by atoms with Gasteiger partial charge in [-0.05, 0) is 50.6 Å². The molecule has 2 saturated heterocycles. The summed E-state index contributed by atoms with van der Waals surface area (Å²) in [7, 11) is -2.30. The Kier molecular flexibility index (Phi) is 12.4. The van der Waals surface area contributed by atoms with Gasteiger partial charge in [0.05, 0.1) is 16.9 Å². The van der Waals surface area contributed by atoms with Crippen LogP contribution in [0.1, 0.15) is 66.2 Å². The first-order valence-electron chi connectivity index (χ1n) is 15.1. The van der Waals surface area contributed by atoms with E-state index in [2.05, 4.69) is 39.0 Å². The Bertz CT molecular complexity index is 1300. The summed E-state index contributed by atoms with van der Waals surface area (Å²) < 4.78 is 52.6. The number of fused-ring (bicyclic) bond motifs is 1. The molecule has 11 nitrogen and oxygen atoms in total. The van der Waals surface area contributed by atoms with Crippen molar-refractivity contribution in [2.24, 2.45) is 11.8 Å². The molecule has 0 saturated carbocycles. The third-order valence-electron chi connectivity index (χ3n) is 8.64. The predicted molar refractivity (Wildman–Crippen MR) is 167 cm³/mol. The first-order valence-corrected chi connectivity index (χ1v) is 18.3. The molecule has 0 aromatic carbocycles. The largest absolute Gasteiger partial charge is 0.354 e. The summed E-state index contributed by atoms with van der Waals surface area (Å²) in [6.45, 7) is 10.8. The number of aromatic nitrogens is 3. The van der Waals surface area contributed by atoms with E-state index in [9.17, 15) is 16.8 Å². The molecule has 13 heteroatoms. The first kappa shape index (κ1) is 33.7. The number of anilines is 1. The van der Waals surface area contributed by atoms with Crippen LogP contribution in [-0.2, 0) is 20.0 Å². The highest BCUT2D eigenvalue weighted by molar-refractivity contribution is 7.89. The molecule has 4 heterocycles. The molecule has 4 rings (SSSR count). The van der Waals surface area contributed by atoms with Gasteiger partial charge in [-0.15, -0.1) is 0 Å². The van der Waals surface area contributed by atoms with E-state index >= 15 is 0 Å². The molecule has 2 aromatic heterocycles. The van der Waals surface area contributed by atoms with Crippen LogP contribution in [0.3, 0.4) is 0 Å². The zero-order valence-corrected chi connectivity index (χ0v) is 27.3. The minimum absolute atomic E-state index is 0.0955. The van der Waals surface area contributed by atoms with E-state index in [-0.39, 0.29) is 11.8 Å². The van der Waals surface area contributed by atoms with Crippen LogP contribution in [0.15, 0.2) is 18.6 Å². The van der Waals surface area contributed by atoms with Crippen LogP contribution >= 0.6 is 0 Å². The highest BCUT2D eigenvalue weighted by Crippen LogP contribution is 2.29. The number of unbranched alkanes of at least 4 members (excludes halogenated alkanes) is 2. The second-order valence-corrected chi connectivity index (χ2v) is 15.8. The van der Waals surface area contributed by atoms with Crippen molar-refractivity contribution in [2.45, 2.75) is 78.3 Å². The van der Waals surface area contributed by atoms with E-state index in [0.29, 0.717) is 56.2 Å². The first-order chi connectivity index (χ1) is 19.4. The number of aromatic amines is 1. The van der Waals surface area contributed by atoms with Gasteiger partial charge in [0.15, 0.2) is 0 Å². The quantitative estimate of drug-likeness (QED) is 0.395. The van der Waals surface area contributed by atoms with Gasteiger partial charge in [0.25, 0.3) is 0 Å². The maximum absolute atomic E-state index is 12.6. The summed E-state index contributed by atoms with van der Waals surface area (Å²) >= 11 is 0. The topological polar surface area (TPSA) is 132 Å². The molecule has 2 fully saturated rings. The molecule has 0 amide bonds. The minimum atomic E-state index is -3.18. The fourth-order valence-electron chi connectivity index (χ4n) is 5.65. The Balaban J connectivity index is 0.000000250. The van der Waals surface area contributed by atoms with Crippen molar-refractivity contribution in [2.75, 3.05) is 56.7 Å². The Labute approximate surface area is 247 Å². The van der Waals surface area contributed by atoms with Crippen molar-refractivity contribution in [1.82, 2.24) is 28.9 Å². The van der Waals surface area contributed by atoms with Crippen molar-refractivity contribution in [3.05, 3.63) is 18.6 Å². The lowest BCUT2D eigenvalue weighted by Gasteiger charge is -2.41. The standard InChI is InChI=1S/C17H27N5O2S.C11H24N2O2S/c1-4-5-10-25(23,24)22-9-7-13(2)15(11-22)21(3)17-14-6-8-18-16(14)19-12-20-17;1-4-5-8-16(14,15)13-7-6-10(2)11(9-13)12-3/h6,8,12-13,15H,4-5,7,9-11H2,1-3H3,(H,18,19,20);10-12H,4-9H2,1-3H3. The number of hydrogen-bond donors (Lipinski definition) is 2. The number of likely N-dealkylation sites (N-methyl/N-ethyl adjacent to an activating group) is 2. The molecule has 0 bridgehead atoms. The predicted octanol–water partition coefficient (Wildman–Crippen LogP) is 3.28. The average molecular weight is 614 g/mol. The molecular weight excluding hydrogens is 562 g/mol. The van der Waals surface area contributed by atoms with E-state index in [1.807, 2.05) is 40.2 Å². The summed E-state index contributed by atoms with van der Waals surface area (Å²) in [6.07, 6.45) is 8.51. The summed E-state index contributed by atoms with van der Waals surface area (Å²) in [5.74, 6) is 2.34. The van der Waals surface area contributed by atoms with Crippen molar-refractivity contribution >= 4 is 36.9 Å². The zero-order valence-electron chi connectivity index (χ0n) is 25.7. The monoisotopic (exact) mass is 613 g/mol. The van der Waals surface area contributed by atoms with E-state index in [1.54, 1.807) is 14.9 Å². The number of hydrogen-bond acceptors (Lipinski definition) is 8. The van der Waals surface area contributed by atoms with Crippen molar-refractivity contribution in [1.29, 1.82) is 0 Å². The summed E-state index contributed by atoms with van der Waals surface area (Å²) in [6, 6.07) is 2.35.